The quantitative estimate of drug-likeness (QED) is 0.619. The maximum Gasteiger partial charge on any atom is 0.253 e. The lowest BCUT2D eigenvalue weighted by Gasteiger charge is -2.20. The highest BCUT2D eigenvalue weighted by Gasteiger charge is 2.32. The minimum atomic E-state index is -1.07. The predicted octanol–water partition coefficient (Wildman–Crippen LogP) is 5.12. The molecule has 1 unspecified atom stereocenters. The van der Waals surface area contributed by atoms with Crippen LogP contribution in [-0.4, -0.2) is 20.9 Å². The van der Waals surface area contributed by atoms with Gasteiger partial charge in [-0.1, -0.05) is 19.8 Å². The zero-order chi connectivity index (χ0) is 21.9. The standard InChI is InChI=1S/C25H25FN4O2/c1-25(6-2-3-7-25)10-21-28-13-20(32-21)17-8-14-4-5-18(26)23(14)30-22(17)15-9-16-19(27-11-15)12-29-24(16)31/h8-9,11,13,18H,2-7,10,12H2,1H3,(H,29,31). The Morgan fingerprint density at radius 2 is 2.03 bits per heavy atom. The topological polar surface area (TPSA) is 80.9 Å². The normalized spacial score (nSPS) is 20.9. The first-order chi connectivity index (χ1) is 15.5. The van der Waals surface area contributed by atoms with Crippen LogP contribution in [0.25, 0.3) is 22.6 Å². The summed E-state index contributed by atoms with van der Waals surface area (Å²) in [5.74, 6) is 1.21. The van der Waals surface area contributed by atoms with E-state index in [0.29, 0.717) is 47.7 Å². The van der Waals surface area contributed by atoms with Crippen LogP contribution in [0, 0.1) is 5.41 Å². The van der Waals surface area contributed by atoms with Crippen molar-refractivity contribution in [3.05, 3.63) is 52.9 Å². The van der Waals surface area contributed by atoms with Gasteiger partial charge < -0.3 is 9.73 Å². The van der Waals surface area contributed by atoms with Gasteiger partial charge in [-0.2, -0.15) is 0 Å². The number of rotatable bonds is 4. The number of halogens is 1. The van der Waals surface area contributed by atoms with E-state index in [1.165, 1.54) is 25.7 Å². The fourth-order valence-corrected chi connectivity index (χ4v) is 5.37. The smallest absolute Gasteiger partial charge is 0.253 e. The molecule has 7 heteroatoms. The molecule has 0 aromatic carbocycles. The summed E-state index contributed by atoms with van der Waals surface area (Å²) in [7, 11) is 0. The SMILES string of the molecule is CC1(Cc2ncc(-c3cc4c(nc3-c3cnc5c(c3)C(=O)NC5)C(F)CC4)o2)CCCC1. The molecular weight excluding hydrogens is 407 g/mol. The van der Waals surface area contributed by atoms with E-state index >= 15 is 0 Å². The second kappa shape index (κ2) is 7.22. The van der Waals surface area contributed by atoms with Crippen molar-refractivity contribution in [1.29, 1.82) is 0 Å². The number of hydrogen-bond acceptors (Lipinski definition) is 5. The summed E-state index contributed by atoms with van der Waals surface area (Å²) < 4.78 is 20.7. The maximum atomic E-state index is 14.5. The van der Waals surface area contributed by atoms with E-state index in [0.717, 1.165) is 29.1 Å². The van der Waals surface area contributed by atoms with Gasteiger partial charge in [0.05, 0.1) is 35.4 Å². The van der Waals surface area contributed by atoms with Crippen molar-refractivity contribution in [2.24, 2.45) is 5.41 Å². The molecule has 1 saturated carbocycles. The Bertz CT molecular complexity index is 1230. The largest absolute Gasteiger partial charge is 0.441 e. The first-order valence-electron chi connectivity index (χ1n) is 11.4. The summed E-state index contributed by atoms with van der Waals surface area (Å²) in [6.45, 7) is 2.73. The van der Waals surface area contributed by atoms with Gasteiger partial charge in [0.15, 0.2) is 11.7 Å². The van der Waals surface area contributed by atoms with Crippen molar-refractivity contribution in [3.8, 4) is 22.6 Å². The van der Waals surface area contributed by atoms with Crippen molar-refractivity contribution in [3.63, 3.8) is 0 Å². The molecule has 6 nitrogen and oxygen atoms in total. The number of aryl methyl sites for hydroxylation is 1. The molecule has 3 aliphatic rings. The van der Waals surface area contributed by atoms with Crippen LogP contribution in [0.2, 0.25) is 0 Å². The van der Waals surface area contributed by atoms with Gasteiger partial charge in [-0.05, 0) is 48.8 Å². The third-order valence-electron chi connectivity index (χ3n) is 7.21. The number of carbonyl (C=O) groups excluding carboxylic acids is 1. The fraction of sp³-hybridized carbons (Fsp3) is 0.440. The summed E-state index contributed by atoms with van der Waals surface area (Å²) in [6, 6.07) is 3.77. The second-order valence-corrected chi connectivity index (χ2v) is 9.65. The number of pyridine rings is 2. The molecule has 3 aromatic heterocycles. The van der Waals surface area contributed by atoms with Crippen LogP contribution in [-0.2, 0) is 19.4 Å². The number of alkyl halides is 1. The van der Waals surface area contributed by atoms with Crippen molar-refractivity contribution in [1.82, 2.24) is 20.3 Å². The van der Waals surface area contributed by atoms with Crippen molar-refractivity contribution >= 4 is 5.91 Å². The molecular formula is C25H25FN4O2. The molecule has 0 spiro atoms. The number of oxazole rings is 1. The van der Waals surface area contributed by atoms with E-state index in [1.54, 1.807) is 18.5 Å². The zero-order valence-electron chi connectivity index (χ0n) is 18.1. The minimum absolute atomic E-state index is 0.146. The number of nitrogens with one attached hydrogen (secondary N) is 1. The maximum absolute atomic E-state index is 14.5. The molecule has 0 radical (unpaired) electrons. The molecule has 1 amide bonds. The Kier molecular flexibility index (Phi) is 4.42. The summed E-state index contributed by atoms with van der Waals surface area (Å²) in [6.07, 6.45) is 9.18. The molecule has 164 valence electrons. The molecule has 1 aliphatic heterocycles. The van der Waals surface area contributed by atoms with Crippen LogP contribution in [0.1, 0.15) is 78.4 Å². The summed E-state index contributed by atoms with van der Waals surface area (Å²) >= 11 is 0. The van der Waals surface area contributed by atoms with Gasteiger partial charge in [0.1, 0.15) is 6.17 Å². The van der Waals surface area contributed by atoms with Crippen LogP contribution in [0.5, 0.6) is 0 Å². The lowest BCUT2D eigenvalue weighted by molar-refractivity contribution is 0.0965. The monoisotopic (exact) mass is 432 g/mol. The van der Waals surface area contributed by atoms with Crippen LogP contribution in [0.4, 0.5) is 4.39 Å². The molecule has 1 atom stereocenters. The van der Waals surface area contributed by atoms with E-state index in [2.05, 4.69) is 22.2 Å². The highest BCUT2D eigenvalue weighted by atomic mass is 19.1. The van der Waals surface area contributed by atoms with E-state index in [4.69, 9.17) is 9.40 Å². The molecule has 32 heavy (non-hydrogen) atoms. The molecule has 6 rings (SSSR count). The Morgan fingerprint density at radius 3 is 2.88 bits per heavy atom. The lowest BCUT2D eigenvalue weighted by Crippen LogP contribution is -2.14. The summed E-state index contributed by atoms with van der Waals surface area (Å²) in [5.41, 5.74) is 4.91. The highest BCUT2D eigenvalue weighted by molar-refractivity contribution is 5.99. The first kappa shape index (κ1) is 19.6. The first-order valence-corrected chi connectivity index (χ1v) is 11.4. The molecule has 4 heterocycles. The lowest BCUT2D eigenvalue weighted by atomic mass is 9.85. The molecule has 1 fully saturated rings. The molecule has 0 saturated heterocycles. The average Bonchev–Trinajstić information content (AvgIpc) is 3.57. The van der Waals surface area contributed by atoms with Crippen LogP contribution < -0.4 is 5.32 Å². The Balaban J connectivity index is 1.44. The van der Waals surface area contributed by atoms with E-state index in [9.17, 15) is 9.18 Å². The highest BCUT2D eigenvalue weighted by Crippen LogP contribution is 2.42. The number of aromatic nitrogens is 3. The van der Waals surface area contributed by atoms with Crippen molar-refractivity contribution in [2.75, 3.05) is 0 Å². The van der Waals surface area contributed by atoms with E-state index < -0.39 is 6.17 Å². The number of amides is 1. The van der Waals surface area contributed by atoms with Crippen molar-refractivity contribution < 1.29 is 13.6 Å². The molecule has 2 aliphatic carbocycles. The van der Waals surface area contributed by atoms with Gasteiger partial charge in [-0.15, -0.1) is 0 Å². The average molecular weight is 432 g/mol. The van der Waals surface area contributed by atoms with Gasteiger partial charge in [0, 0.05) is 23.7 Å². The predicted molar refractivity (Wildman–Crippen MR) is 117 cm³/mol. The zero-order valence-corrected chi connectivity index (χ0v) is 18.1. The Morgan fingerprint density at radius 1 is 1.19 bits per heavy atom. The number of nitrogens with zero attached hydrogens (tertiary/aromatic N) is 3. The van der Waals surface area contributed by atoms with Gasteiger partial charge in [-0.3, -0.25) is 9.78 Å². The van der Waals surface area contributed by atoms with Crippen molar-refractivity contribution in [2.45, 2.75) is 64.6 Å². The van der Waals surface area contributed by atoms with Crippen LogP contribution >= 0.6 is 0 Å². The molecule has 0 bridgehead atoms. The Hall–Kier alpha value is -3.09. The van der Waals surface area contributed by atoms with Gasteiger partial charge in [0.25, 0.3) is 5.91 Å². The Labute approximate surface area is 185 Å². The summed E-state index contributed by atoms with van der Waals surface area (Å²) in [4.78, 5) is 25.9. The van der Waals surface area contributed by atoms with Crippen LogP contribution in [0.3, 0.4) is 0 Å². The molecule has 3 aromatic rings. The number of fused-ring (bicyclic) bond motifs is 2. The number of hydrogen-bond donors (Lipinski definition) is 1. The van der Waals surface area contributed by atoms with Gasteiger partial charge in [-0.25, -0.2) is 14.4 Å². The minimum Gasteiger partial charge on any atom is -0.441 e. The van der Waals surface area contributed by atoms with Crippen LogP contribution in [0.15, 0.2) is 28.9 Å². The second-order valence-electron chi connectivity index (χ2n) is 9.65. The summed E-state index contributed by atoms with van der Waals surface area (Å²) in [5, 5.41) is 2.79. The fourth-order valence-electron chi connectivity index (χ4n) is 5.37. The van der Waals surface area contributed by atoms with Gasteiger partial charge in [0.2, 0.25) is 0 Å². The van der Waals surface area contributed by atoms with E-state index in [1.807, 2.05) is 6.07 Å². The molecule has 1 N–H and O–H groups in total. The van der Waals surface area contributed by atoms with Gasteiger partial charge >= 0.3 is 0 Å². The third kappa shape index (κ3) is 3.22. The van der Waals surface area contributed by atoms with E-state index in [-0.39, 0.29) is 11.3 Å². The number of carbonyl (C=O) groups is 1. The third-order valence-corrected chi connectivity index (χ3v) is 7.21.